The maximum Gasteiger partial charge on any atom is 0.305 e. The second kappa shape index (κ2) is 8.17. The number of hydrogen-bond acceptors (Lipinski definition) is 5. The predicted octanol–water partition coefficient (Wildman–Crippen LogP) is 0.493. The lowest BCUT2D eigenvalue weighted by Gasteiger charge is -2.10. The normalized spacial score (nSPS) is 13.2. The minimum Gasteiger partial charge on any atom is -0.481 e. The fourth-order valence-corrected chi connectivity index (χ4v) is 2.03. The highest BCUT2D eigenvalue weighted by atomic mass is 32.2. The number of ether oxygens (including phenoxy) is 1. The maximum atomic E-state index is 11.5. The molecule has 7 nitrogen and oxygen atoms in total. The largest absolute Gasteiger partial charge is 0.481 e. The Hall–Kier alpha value is -0.990. The van der Waals surface area contributed by atoms with Gasteiger partial charge < -0.3 is 9.84 Å². The average molecular weight is 282 g/mol. The Kier molecular flexibility index (Phi) is 7.72. The van der Waals surface area contributed by atoms with Crippen molar-refractivity contribution in [3.8, 4) is 0 Å². The van der Waals surface area contributed by atoms with Gasteiger partial charge in [-0.05, 0) is 6.42 Å². The molecule has 0 aromatic rings. The molecule has 0 aliphatic heterocycles. The standard InChI is InChI=1S/C10H18O7S/c1-2-3-5-17-6-4-8(11)9(7-10(12)13)18(14,15)16/h9H,2-7H2,1H3,(H,12,13)(H,14,15,16). The van der Waals surface area contributed by atoms with Crippen molar-refractivity contribution in [2.45, 2.75) is 37.9 Å². The van der Waals surface area contributed by atoms with Gasteiger partial charge in [0.05, 0.1) is 13.0 Å². The minimum absolute atomic E-state index is 0.0183. The second-order valence-electron chi connectivity index (χ2n) is 3.78. The third kappa shape index (κ3) is 7.36. The first-order valence-electron chi connectivity index (χ1n) is 5.57. The molecule has 0 bridgehead atoms. The molecule has 106 valence electrons. The van der Waals surface area contributed by atoms with E-state index in [0.29, 0.717) is 6.61 Å². The van der Waals surface area contributed by atoms with Crippen molar-refractivity contribution in [1.29, 1.82) is 0 Å². The number of ketones is 1. The van der Waals surface area contributed by atoms with Gasteiger partial charge in [-0.25, -0.2) is 0 Å². The summed E-state index contributed by atoms with van der Waals surface area (Å²) in [6.07, 6.45) is 0.583. The van der Waals surface area contributed by atoms with Crippen LogP contribution in [0.1, 0.15) is 32.6 Å². The summed E-state index contributed by atoms with van der Waals surface area (Å²) < 4.78 is 35.6. The van der Waals surface area contributed by atoms with Crippen molar-refractivity contribution >= 4 is 21.9 Å². The van der Waals surface area contributed by atoms with E-state index >= 15 is 0 Å². The number of carbonyl (C=O) groups is 2. The van der Waals surface area contributed by atoms with Crippen molar-refractivity contribution in [1.82, 2.24) is 0 Å². The van der Waals surface area contributed by atoms with Crippen LogP contribution in [0.15, 0.2) is 0 Å². The molecule has 0 amide bonds. The van der Waals surface area contributed by atoms with Crippen molar-refractivity contribution in [3.05, 3.63) is 0 Å². The first-order valence-corrected chi connectivity index (χ1v) is 7.08. The number of unbranched alkanes of at least 4 members (excludes halogenated alkanes) is 1. The van der Waals surface area contributed by atoms with Gasteiger partial charge in [0.2, 0.25) is 0 Å². The summed E-state index contributed by atoms with van der Waals surface area (Å²) >= 11 is 0. The quantitative estimate of drug-likeness (QED) is 0.442. The van der Waals surface area contributed by atoms with Gasteiger partial charge in [-0.1, -0.05) is 13.3 Å². The van der Waals surface area contributed by atoms with E-state index in [1.807, 2.05) is 6.92 Å². The topological polar surface area (TPSA) is 118 Å². The third-order valence-corrected chi connectivity index (χ3v) is 3.36. The molecule has 0 aliphatic rings. The average Bonchev–Trinajstić information content (AvgIpc) is 2.23. The van der Waals surface area contributed by atoms with Crippen LogP contribution in [0.25, 0.3) is 0 Å². The zero-order valence-electron chi connectivity index (χ0n) is 10.2. The highest BCUT2D eigenvalue weighted by molar-refractivity contribution is 7.87. The van der Waals surface area contributed by atoms with Gasteiger partial charge in [-0.15, -0.1) is 0 Å². The van der Waals surface area contributed by atoms with E-state index in [-0.39, 0.29) is 13.0 Å². The number of carbonyl (C=O) groups excluding carboxylic acids is 1. The zero-order chi connectivity index (χ0) is 14.2. The van der Waals surface area contributed by atoms with E-state index in [1.165, 1.54) is 0 Å². The highest BCUT2D eigenvalue weighted by Crippen LogP contribution is 2.08. The molecule has 18 heavy (non-hydrogen) atoms. The molecule has 1 unspecified atom stereocenters. The molecule has 1 atom stereocenters. The number of hydrogen-bond donors (Lipinski definition) is 2. The molecule has 0 aliphatic carbocycles. The summed E-state index contributed by atoms with van der Waals surface area (Å²) in [7, 11) is -4.69. The summed E-state index contributed by atoms with van der Waals surface area (Å²) in [5, 5.41) is 6.57. The van der Waals surface area contributed by atoms with Gasteiger partial charge in [-0.2, -0.15) is 8.42 Å². The molecular weight excluding hydrogens is 264 g/mol. The molecule has 0 radical (unpaired) electrons. The summed E-state index contributed by atoms with van der Waals surface area (Å²) in [5.74, 6) is -2.31. The van der Waals surface area contributed by atoms with E-state index in [4.69, 9.17) is 14.4 Å². The summed E-state index contributed by atoms with van der Waals surface area (Å²) in [6, 6.07) is 0. The molecule has 0 aromatic carbocycles. The Morgan fingerprint density at radius 1 is 1.28 bits per heavy atom. The Balaban J connectivity index is 4.28. The molecule has 2 N–H and O–H groups in total. The zero-order valence-corrected chi connectivity index (χ0v) is 11.0. The van der Waals surface area contributed by atoms with E-state index in [0.717, 1.165) is 12.8 Å². The van der Waals surface area contributed by atoms with Crippen molar-refractivity contribution in [2.75, 3.05) is 13.2 Å². The molecule has 0 spiro atoms. The van der Waals surface area contributed by atoms with Gasteiger partial charge in [0.1, 0.15) is 0 Å². The fourth-order valence-electron chi connectivity index (χ4n) is 1.23. The number of carboxylic acid groups (broad SMARTS) is 1. The lowest BCUT2D eigenvalue weighted by atomic mass is 10.1. The second-order valence-corrected chi connectivity index (χ2v) is 5.38. The van der Waals surface area contributed by atoms with Crippen LogP contribution in [-0.4, -0.2) is 48.3 Å². The Bertz CT molecular complexity index is 374. The maximum absolute atomic E-state index is 11.5. The third-order valence-electron chi connectivity index (χ3n) is 2.21. The van der Waals surface area contributed by atoms with Crippen LogP contribution in [0.3, 0.4) is 0 Å². The first-order chi connectivity index (χ1) is 8.29. The molecule has 8 heteroatoms. The highest BCUT2D eigenvalue weighted by Gasteiger charge is 2.32. The van der Waals surface area contributed by atoms with Crippen LogP contribution < -0.4 is 0 Å². The number of rotatable bonds is 10. The van der Waals surface area contributed by atoms with E-state index in [1.54, 1.807) is 0 Å². The minimum atomic E-state index is -4.69. The molecule has 0 aromatic heterocycles. The predicted molar refractivity (Wildman–Crippen MR) is 62.9 cm³/mol. The van der Waals surface area contributed by atoms with Crippen LogP contribution in [0.5, 0.6) is 0 Å². The van der Waals surface area contributed by atoms with Crippen LogP contribution in [0.4, 0.5) is 0 Å². The molecule has 0 fully saturated rings. The fraction of sp³-hybridized carbons (Fsp3) is 0.800. The molecule has 0 saturated heterocycles. The van der Waals surface area contributed by atoms with E-state index < -0.39 is 33.5 Å². The Labute approximate surface area is 106 Å². The van der Waals surface area contributed by atoms with Crippen LogP contribution in [-0.2, 0) is 24.4 Å². The SMILES string of the molecule is CCCCOCCC(=O)C(CC(=O)O)S(=O)(=O)O. The van der Waals surface area contributed by atoms with Gasteiger partial charge >= 0.3 is 5.97 Å². The molecular formula is C10H18O7S. The smallest absolute Gasteiger partial charge is 0.305 e. The number of carboxylic acids is 1. The lowest BCUT2D eigenvalue weighted by Crippen LogP contribution is -2.33. The number of aliphatic carboxylic acids is 1. The van der Waals surface area contributed by atoms with Crippen molar-refractivity contribution < 1.29 is 32.4 Å². The first kappa shape index (κ1) is 17.0. The van der Waals surface area contributed by atoms with Gasteiger partial charge in [0.25, 0.3) is 10.1 Å². The molecule has 0 rings (SSSR count). The van der Waals surface area contributed by atoms with Crippen molar-refractivity contribution in [3.63, 3.8) is 0 Å². The summed E-state index contributed by atoms with van der Waals surface area (Å²) in [4.78, 5) is 21.9. The Morgan fingerprint density at radius 3 is 2.33 bits per heavy atom. The number of Topliss-reactive ketones (excluding diaryl/α,β-unsaturated/α-hetero) is 1. The van der Waals surface area contributed by atoms with Crippen LogP contribution in [0.2, 0.25) is 0 Å². The molecule has 0 heterocycles. The van der Waals surface area contributed by atoms with Gasteiger partial charge in [-0.3, -0.25) is 14.1 Å². The van der Waals surface area contributed by atoms with E-state index in [2.05, 4.69) is 0 Å². The van der Waals surface area contributed by atoms with Crippen LogP contribution in [0, 0.1) is 0 Å². The van der Waals surface area contributed by atoms with Gasteiger partial charge in [0, 0.05) is 13.0 Å². The summed E-state index contributed by atoms with van der Waals surface area (Å²) in [6.45, 7) is 2.44. The monoisotopic (exact) mass is 282 g/mol. The van der Waals surface area contributed by atoms with Crippen LogP contribution >= 0.6 is 0 Å². The van der Waals surface area contributed by atoms with E-state index in [9.17, 15) is 18.0 Å². The summed E-state index contributed by atoms with van der Waals surface area (Å²) in [5.41, 5.74) is 0. The van der Waals surface area contributed by atoms with Gasteiger partial charge in [0.15, 0.2) is 11.0 Å². The lowest BCUT2D eigenvalue weighted by molar-refractivity contribution is -0.138. The Morgan fingerprint density at radius 2 is 1.89 bits per heavy atom. The molecule has 0 saturated carbocycles. The van der Waals surface area contributed by atoms with Crippen molar-refractivity contribution in [2.24, 2.45) is 0 Å².